The third kappa shape index (κ3) is 2.18. The van der Waals surface area contributed by atoms with Crippen molar-refractivity contribution in [1.82, 2.24) is 4.98 Å². The van der Waals surface area contributed by atoms with Crippen molar-refractivity contribution in [1.29, 1.82) is 0 Å². The minimum Gasteiger partial charge on any atom is -0.378 e. The molecule has 0 atom stereocenters. The number of thiazole rings is 1. The Hall–Kier alpha value is -1.87. The van der Waals surface area contributed by atoms with Gasteiger partial charge in [0.2, 0.25) is 0 Å². The van der Waals surface area contributed by atoms with Gasteiger partial charge in [-0.25, -0.2) is 4.98 Å². The van der Waals surface area contributed by atoms with Crippen LogP contribution in [0, 0.1) is 13.8 Å². The number of rotatable bonds is 2. The van der Waals surface area contributed by atoms with Crippen LogP contribution < -0.4 is 4.90 Å². The lowest BCUT2D eigenvalue weighted by Gasteiger charge is -2.11. The number of nitrogens with zero attached hydrogens (tertiary/aromatic N) is 2. The monoisotopic (exact) mass is 282 g/mol. The Bertz CT molecular complexity index is 716. The number of benzene rings is 2. The number of hydrogen-bond donors (Lipinski definition) is 0. The summed E-state index contributed by atoms with van der Waals surface area (Å²) < 4.78 is 1.30. The summed E-state index contributed by atoms with van der Waals surface area (Å²) in [4.78, 5) is 6.93. The average molecular weight is 282 g/mol. The molecule has 3 rings (SSSR count). The standard InChI is InChI=1S/C17H18N2S/c1-11-5-6-12(2)16-15(11)18-17(20-16)13-7-9-14(10-8-13)19(3)4/h5-10H,1-4H3. The first-order chi connectivity index (χ1) is 9.56. The molecule has 1 heterocycles. The van der Waals surface area contributed by atoms with E-state index >= 15 is 0 Å². The summed E-state index contributed by atoms with van der Waals surface area (Å²) in [6.07, 6.45) is 0. The van der Waals surface area contributed by atoms with Gasteiger partial charge in [-0.15, -0.1) is 11.3 Å². The fourth-order valence-electron chi connectivity index (χ4n) is 2.28. The molecular formula is C17H18N2S. The van der Waals surface area contributed by atoms with Crippen LogP contribution in [0.3, 0.4) is 0 Å². The van der Waals surface area contributed by atoms with E-state index in [1.165, 1.54) is 27.1 Å². The zero-order valence-electron chi connectivity index (χ0n) is 12.3. The first-order valence-electron chi connectivity index (χ1n) is 6.71. The molecule has 3 aromatic rings. The van der Waals surface area contributed by atoms with Crippen LogP contribution in [0.1, 0.15) is 11.1 Å². The van der Waals surface area contributed by atoms with Crippen molar-refractivity contribution in [3.63, 3.8) is 0 Å². The zero-order chi connectivity index (χ0) is 14.3. The molecule has 0 aliphatic rings. The summed E-state index contributed by atoms with van der Waals surface area (Å²) in [5.74, 6) is 0. The van der Waals surface area contributed by atoms with Crippen LogP contribution in [0.4, 0.5) is 5.69 Å². The van der Waals surface area contributed by atoms with Crippen LogP contribution in [-0.2, 0) is 0 Å². The van der Waals surface area contributed by atoms with Gasteiger partial charge in [-0.05, 0) is 49.2 Å². The van der Waals surface area contributed by atoms with E-state index in [9.17, 15) is 0 Å². The average Bonchev–Trinajstić information content (AvgIpc) is 2.89. The number of hydrogen-bond acceptors (Lipinski definition) is 3. The van der Waals surface area contributed by atoms with E-state index in [1.807, 2.05) is 0 Å². The second-order valence-corrected chi connectivity index (χ2v) is 6.34. The van der Waals surface area contributed by atoms with Crippen LogP contribution in [0.15, 0.2) is 36.4 Å². The van der Waals surface area contributed by atoms with Gasteiger partial charge in [-0.2, -0.15) is 0 Å². The molecule has 3 heteroatoms. The normalized spacial score (nSPS) is 11.0. The van der Waals surface area contributed by atoms with Crippen molar-refractivity contribution in [2.24, 2.45) is 0 Å². The van der Waals surface area contributed by atoms with Gasteiger partial charge in [0.25, 0.3) is 0 Å². The van der Waals surface area contributed by atoms with Crippen molar-refractivity contribution in [3.05, 3.63) is 47.5 Å². The van der Waals surface area contributed by atoms with Gasteiger partial charge < -0.3 is 4.90 Å². The second kappa shape index (κ2) is 4.91. The van der Waals surface area contributed by atoms with Crippen LogP contribution >= 0.6 is 11.3 Å². The van der Waals surface area contributed by atoms with E-state index in [0.29, 0.717) is 0 Å². The smallest absolute Gasteiger partial charge is 0.124 e. The molecule has 0 unspecified atom stereocenters. The Balaban J connectivity index is 2.10. The van der Waals surface area contributed by atoms with Crippen LogP contribution in [0.25, 0.3) is 20.8 Å². The van der Waals surface area contributed by atoms with Crippen LogP contribution in [-0.4, -0.2) is 19.1 Å². The van der Waals surface area contributed by atoms with Crippen molar-refractivity contribution >= 4 is 27.2 Å². The molecule has 0 saturated heterocycles. The van der Waals surface area contributed by atoms with Gasteiger partial charge >= 0.3 is 0 Å². The SMILES string of the molecule is Cc1ccc(C)c2sc(-c3ccc(N(C)C)cc3)nc12. The summed E-state index contributed by atoms with van der Waals surface area (Å²) >= 11 is 1.78. The summed E-state index contributed by atoms with van der Waals surface area (Å²) in [6, 6.07) is 12.9. The van der Waals surface area contributed by atoms with Gasteiger partial charge in [0.15, 0.2) is 0 Å². The van der Waals surface area contributed by atoms with Crippen molar-refractivity contribution < 1.29 is 0 Å². The highest BCUT2D eigenvalue weighted by Crippen LogP contribution is 2.34. The lowest BCUT2D eigenvalue weighted by atomic mass is 10.1. The van der Waals surface area contributed by atoms with E-state index in [4.69, 9.17) is 4.98 Å². The van der Waals surface area contributed by atoms with Gasteiger partial charge in [-0.1, -0.05) is 12.1 Å². The lowest BCUT2D eigenvalue weighted by Crippen LogP contribution is -2.07. The number of aromatic nitrogens is 1. The maximum Gasteiger partial charge on any atom is 0.124 e. The molecule has 0 bridgehead atoms. The van der Waals surface area contributed by atoms with Crippen molar-refractivity contribution in [2.75, 3.05) is 19.0 Å². The Morgan fingerprint density at radius 1 is 0.900 bits per heavy atom. The molecule has 0 radical (unpaired) electrons. The molecule has 0 fully saturated rings. The largest absolute Gasteiger partial charge is 0.378 e. The van der Waals surface area contributed by atoms with Gasteiger partial charge in [0.1, 0.15) is 5.01 Å². The third-order valence-corrected chi connectivity index (χ3v) is 4.81. The minimum atomic E-state index is 1.10. The number of aryl methyl sites for hydroxylation is 2. The molecule has 20 heavy (non-hydrogen) atoms. The molecule has 2 nitrogen and oxygen atoms in total. The van der Waals surface area contributed by atoms with Gasteiger partial charge in [0, 0.05) is 25.3 Å². The Morgan fingerprint density at radius 2 is 1.55 bits per heavy atom. The maximum absolute atomic E-state index is 4.82. The van der Waals surface area contributed by atoms with E-state index in [2.05, 4.69) is 69.2 Å². The van der Waals surface area contributed by atoms with Crippen LogP contribution in [0.5, 0.6) is 0 Å². The van der Waals surface area contributed by atoms with E-state index in [0.717, 1.165) is 10.5 Å². The topological polar surface area (TPSA) is 16.1 Å². The first kappa shape index (κ1) is 13.1. The highest BCUT2D eigenvalue weighted by atomic mass is 32.1. The molecular weight excluding hydrogens is 264 g/mol. The summed E-state index contributed by atoms with van der Waals surface area (Å²) in [5, 5.41) is 1.10. The minimum absolute atomic E-state index is 1.10. The number of anilines is 1. The van der Waals surface area contributed by atoms with Crippen LogP contribution in [0.2, 0.25) is 0 Å². The molecule has 0 saturated carbocycles. The third-order valence-electron chi connectivity index (χ3n) is 3.57. The molecule has 0 N–H and O–H groups in total. The summed E-state index contributed by atoms with van der Waals surface area (Å²) in [7, 11) is 4.11. The summed E-state index contributed by atoms with van der Waals surface area (Å²) in [6.45, 7) is 4.28. The predicted octanol–water partition coefficient (Wildman–Crippen LogP) is 4.65. The predicted molar refractivity (Wildman–Crippen MR) is 88.9 cm³/mol. The molecule has 0 amide bonds. The molecule has 0 aliphatic heterocycles. The lowest BCUT2D eigenvalue weighted by molar-refractivity contribution is 1.13. The second-order valence-electron chi connectivity index (χ2n) is 5.34. The molecule has 2 aromatic carbocycles. The zero-order valence-corrected chi connectivity index (χ0v) is 13.1. The Kier molecular flexibility index (Phi) is 3.22. The molecule has 102 valence electrons. The van der Waals surface area contributed by atoms with E-state index < -0.39 is 0 Å². The quantitative estimate of drug-likeness (QED) is 0.680. The molecule has 1 aromatic heterocycles. The fourth-order valence-corrected chi connectivity index (χ4v) is 3.40. The highest BCUT2D eigenvalue weighted by Gasteiger charge is 2.10. The number of fused-ring (bicyclic) bond motifs is 1. The molecule has 0 spiro atoms. The Morgan fingerprint density at radius 3 is 2.15 bits per heavy atom. The van der Waals surface area contributed by atoms with Gasteiger partial charge in [-0.3, -0.25) is 0 Å². The molecule has 0 aliphatic carbocycles. The van der Waals surface area contributed by atoms with E-state index in [1.54, 1.807) is 11.3 Å². The first-order valence-corrected chi connectivity index (χ1v) is 7.52. The van der Waals surface area contributed by atoms with Gasteiger partial charge in [0.05, 0.1) is 10.2 Å². The Labute approximate surface area is 123 Å². The highest BCUT2D eigenvalue weighted by molar-refractivity contribution is 7.21. The fraction of sp³-hybridized carbons (Fsp3) is 0.235. The van der Waals surface area contributed by atoms with Crippen molar-refractivity contribution in [3.8, 4) is 10.6 Å². The van der Waals surface area contributed by atoms with Crippen molar-refractivity contribution in [2.45, 2.75) is 13.8 Å². The maximum atomic E-state index is 4.82. The summed E-state index contributed by atoms with van der Waals surface area (Å²) in [5.41, 5.74) is 6.09. The van der Waals surface area contributed by atoms with E-state index in [-0.39, 0.29) is 0 Å².